The van der Waals surface area contributed by atoms with E-state index in [1.807, 2.05) is 0 Å². The molecule has 16 heavy (non-hydrogen) atoms. The van der Waals surface area contributed by atoms with Crippen molar-refractivity contribution in [1.82, 2.24) is 4.90 Å². The van der Waals surface area contributed by atoms with Crippen LogP contribution in [0.1, 0.15) is 25.7 Å². The van der Waals surface area contributed by atoms with Crippen molar-refractivity contribution in [2.45, 2.75) is 37.8 Å². The Morgan fingerprint density at radius 3 is 2.62 bits per heavy atom. The number of carbonyl (C=O) groups is 2. The van der Waals surface area contributed by atoms with Crippen molar-refractivity contribution >= 4 is 11.9 Å². The number of rotatable bonds is 2. The van der Waals surface area contributed by atoms with Crippen molar-refractivity contribution < 1.29 is 14.3 Å². The minimum Gasteiger partial charge on any atom is -0.467 e. The van der Waals surface area contributed by atoms with Crippen molar-refractivity contribution in [3.8, 4) is 0 Å². The predicted octanol–water partition coefficient (Wildman–Crippen LogP) is -0.112. The third-order valence-electron chi connectivity index (χ3n) is 3.42. The van der Waals surface area contributed by atoms with E-state index >= 15 is 0 Å². The van der Waals surface area contributed by atoms with E-state index in [1.165, 1.54) is 7.11 Å². The zero-order valence-electron chi connectivity index (χ0n) is 9.52. The fourth-order valence-corrected chi connectivity index (χ4v) is 2.29. The molecule has 0 aromatic heterocycles. The van der Waals surface area contributed by atoms with Crippen molar-refractivity contribution in [2.24, 2.45) is 11.7 Å². The van der Waals surface area contributed by atoms with Gasteiger partial charge < -0.3 is 15.4 Å². The smallest absolute Gasteiger partial charge is 0.328 e. The summed E-state index contributed by atoms with van der Waals surface area (Å²) >= 11 is 0. The van der Waals surface area contributed by atoms with Crippen LogP contribution in [-0.4, -0.2) is 42.5 Å². The Hall–Kier alpha value is -1.10. The zero-order valence-corrected chi connectivity index (χ0v) is 9.52. The summed E-state index contributed by atoms with van der Waals surface area (Å²) in [6, 6.07) is -0.397. The van der Waals surface area contributed by atoms with Crippen molar-refractivity contribution in [3.63, 3.8) is 0 Å². The van der Waals surface area contributed by atoms with Crippen LogP contribution in [0.3, 0.4) is 0 Å². The molecule has 1 amide bonds. The van der Waals surface area contributed by atoms with Crippen LogP contribution in [0.15, 0.2) is 0 Å². The van der Waals surface area contributed by atoms with Crippen LogP contribution in [0.4, 0.5) is 0 Å². The second-order valence-corrected chi connectivity index (χ2v) is 4.57. The second-order valence-electron chi connectivity index (χ2n) is 4.57. The molecule has 0 radical (unpaired) electrons. The van der Waals surface area contributed by atoms with E-state index in [9.17, 15) is 9.59 Å². The predicted molar refractivity (Wildman–Crippen MR) is 57.5 cm³/mol. The third kappa shape index (κ3) is 2.04. The van der Waals surface area contributed by atoms with E-state index in [0.29, 0.717) is 13.0 Å². The van der Waals surface area contributed by atoms with Gasteiger partial charge in [0.05, 0.1) is 13.0 Å². The standard InChI is InChI=1S/C11H18N2O3/c1-16-11(15)9-4-2-3-5-13(9)10(14)7-6-8(7)12/h7-9H,2-6,12H2,1H3. The molecule has 2 aliphatic rings. The number of hydrogen-bond donors (Lipinski definition) is 1. The molecule has 2 rings (SSSR count). The molecule has 1 saturated carbocycles. The van der Waals surface area contributed by atoms with Gasteiger partial charge in [0.25, 0.3) is 0 Å². The van der Waals surface area contributed by atoms with Gasteiger partial charge in [-0.25, -0.2) is 4.79 Å². The molecule has 1 aliphatic carbocycles. The van der Waals surface area contributed by atoms with Crippen molar-refractivity contribution in [2.75, 3.05) is 13.7 Å². The number of likely N-dealkylation sites (tertiary alicyclic amines) is 1. The summed E-state index contributed by atoms with van der Waals surface area (Å²) < 4.78 is 4.73. The van der Waals surface area contributed by atoms with Crippen LogP contribution in [0.2, 0.25) is 0 Å². The topological polar surface area (TPSA) is 72.6 Å². The number of esters is 1. The number of amides is 1. The van der Waals surface area contributed by atoms with Crippen LogP contribution >= 0.6 is 0 Å². The van der Waals surface area contributed by atoms with E-state index < -0.39 is 0 Å². The summed E-state index contributed by atoms with van der Waals surface area (Å²) in [5.74, 6) is -0.338. The molecule has 2 N–H and O–H groups in total. The van der Waals surface area contributed by atoms with Crippen LogP contribution in [0.5, 0.6) is 0 Å². The SMILES string of the molecule is COC(=O)C1CCCCN1C(=O)C1CC1N. The monoisotopic (exact) mass is 226 g/mol. The lowest BCUT2D eigenvalue weighted by molar-refractivity contribution is -0.155. The minimum absolute atomic E-state index is 0.00674. The quantitative estimate of drug-likeness (QED) is 0.667. The van der Waals surface area contributed by atoms with Crippen LogP contribution in [-0.2, 0) is 14.3 Å². The lowest BCUT2D eigenvalue weighted by Crippen LogP contribution is -2.49. The molecule has 0 spiro atoms. The van der Waals surface area contributed by atoms with Crippen molar-refractivity contribution in [3.05, 3.63) is 0 Å². The fourth-order valence-electron chi connectivity index (χ4n) is 2.29. The van der Waals surface area contributed by atoms with E-state index in [4.69, 9.17) is 10.5 Å². The van der Waals surface area contributed by atoms with Gasteiger partial charge in [0.1, 0.15) is 6.04 Å². The maximum absolute atomic E-state index is 12.0. The Labute approximate surface area is 94.9 Å². The molecule has 0 aromatic carbocycles. The van der Waals surface area contributed by atoms with Gasteiger partial charge in [-0.2, -0.15) is 0 Å². The van der Waals surface area contributed by atoms with E-state index in [-0.39, 0.29) is 29.9 Å². The Bertz CT molecular complexity index is 306. The first-order valence-electron chi connectivity index (χ1n) is 5.79. The number of piperidine rings is 1. The maximum atomic E-state index is 12.0. The average molecular weight is 226 g/mol. The minimum atomic E-state index is -0.390. The molecule has 90 valence electrons. The number of carbonyl (C=O) groups excluding carboxylic acids is 2. The number of methoxy groups -OCH3 is 1. The molecule has 1 heterocycles. The summed E-state index contributed by atoms with van der Waals surface area (Å²) in [6.07, 6.45) is 3.39. The molecule has 2 fully saturated rings. The molecule has 3 atom stereocenters. The first-order chi connectivity index (χ1) is 7.65. The molecule has 1 saturated heterocycles. The first-order valence-corrected chi connectivity index (χ1v) is 5.79. The second kappa shape index (κ2) is 4.41. The van der Waals surface area contributed by atoms with E-state index in [0.717, 1.165) is 19.3 Å². The molecule has 0 aromatic rings. The Morgan fingerprint density at radius 2 is 2.06 bits per heavy atom. The van der Waals surface area contributed by atoms with Gasteiger partial charge in [-0.3, -0.25) is 4.79 Å². The molecule has 1 aliphatic heterocycles. The third-order valence-corrected chi connectivity index (χ3v) is 3.42. The van der Waals surface area contributed by atoms with Gasteiger partial charge in [-0.1, -0.05) is 0 Å². The molecular weight excluding hydrogens is 208 g/mol. The lowest BCUT2D eigenvalue weighted by atomic mass is 10.0. The Morgan fingerprint density at radius 1 is 1.38 bits per heavy atom. The summed E-state index contributed by atoms with van der Waals surface area (Å²) in [6.45, 7) is 0.655. The highest BCUT2D eigenvalue weighted by Gasteiger charge is 2.45. The number of nitrogens with zero attached hydrogens (tertiary/aromatic N) is 1. The van der Waals surface area contributed by atoms with Gasteiger partial charge in [0, 0.05) is 12.6 Å². The molecule has 0 bridgehead atoms. The van der Waals surface area contributed by atoms with Gasteiger partial charge in [0.2, 0.25) is 5.91 Å². The van der Waals surface area contributed by atoms with Crippen LogP contribution in [0.25, 0.3) is 0 Å². The van der Waals surface area contributed by atoms with Gasteiger partial charge in [-0.15, -0.1) is 0 Å². The Balaban J connectivity index is 2.04. The maximum Gasteiger partial charge on any atom is 0.328 e. The summed E-state index contributed by atoms with van der Waals surface area (Å²) in [7, 11) is 1.36. The van der Waals surface area contributed by atoms with E-state index in [1.54, 1.807) is 4.90 Å². The van der Waals surface area contributed by atoms with E-state index in [2.05, 4.69) is 0 Å². The van der Waals surface area contributed by atoms with Gasteiger partial charge >= 0.3 is 5.97 Å². The van der Waals surface area contributed by atoms with Crippen LogP contribution < -0.4 is 5.73 Å². The van der Waals surface area contributed by atoms with Crippen LogP contribution in [0, 0.1) is 5.92 Å². The summed E-state index contributed by atoms with van der Waals surface area (Å²) in [4.78, 5) is 25.3. The normalized spacial score (nSPS) is 33.4. The number of hydrogen-bond acceptors (Lipinski definition) is 4. The molecule has 3 unspecified atom stereocenters. The highest BCUT2D eigenvalue weighted by molar-refractivity contribution is 5.88. The number of ether oxygens (including phenoxy) is 1. The molecule has 5 nitrogen and oxygen atoms in total. The van der Waals surface area contributed by atoms with Crippen molar-refractivity contribution in [1.29, 1.82) is 0 Å². The number of nitrogens with two attached hydrogens (primary N) is 1. The summed E-state index contributed by atoms with van der Waals surface area (Å²) in [5, 5.41) is 0. The molecular formula is C11H18N2O3. The zero-order chi connectivity index (χ0) is 11.7. The highest BCUT2D eigenvalue weighted by Crippen LogP contribution is 2.32. The first kappa shape index (κ1) is 11.4. The molecule has 5 heteroatoms. The Kier molecular flexibility index (Phi) is 3.14. The van der Waals surface area contributed by atoms with Gasteiger partial charge in [0.15, 0.2) is 0 Å². The fraction of sp³-hybridized carbons (Fsp3) is 0.818. The highest BCUT2D eigenvalue weighted by atomic mass is 16.5. The average Bonchev–Trinajstić information content (AvgIpc) is 3.04. The van der Waals surface area contributed by atoms with Gasteiger partial charge in [-0.05, 0) is 25.7 Å². The lowest BCUT2D eigenvalue weighted by Gasteiger charge is -2.33. The summed E-state index contributed by atoms with van der Waals surface area (Å²) in [5.41, 5.74) is 5.66. The largest absolute Gasteiger partial charge is 0.467 e.